The van der Waals surface area contributed by atoms with E-state index in [1.165, 1.54) is 41.4 Å². The molecule has 0 N–H and O–H groups in total. The Morgan fingerprint density at radius 1 is 0.778 bits per heavy atom. The summed E-state index contributed by atoms with van der Waals surface area (Å²) in [7, 11) is 0. The van der Waals surface area contributed by atoms with Gasteiger partial charge in [0, 0.05) is 0 Å². The summed E-state index contributed by atoms with van der Waals surface area (Å²) < 4.78 is 6.95. The summed E-state index contributed by atoms with van der Waals surface area (Å²) in [6, 6.07) is 0. The van der Waals surface area contributed by atoms with Gasteiger partial charge < -0.3 is 0 Å². The molecule has 0 aromatic carbocycles. The maximum atomic E-state index is 6.95. The molecule has 0 aromatic heterocycles. The summed E-state index contributed by atoms with van der Waals surface area (Å²) in [5, 5.41) is 4.11. The number of hydrogen-bond donors (Lipinski definition) is 0. The van der Waals surface area contributed by atoms with Crippen molar-refractivity contribution in [3.8, 4) is 0 Å². The SMILES string of the molecule is C[CH2][Ge]([CH2]C)([CH2]C)[O]C1C2CC3CC(C2)CC1C3. The molecule has 4 saturated carbocycles. The molecular formula is C16H30GeO. The molecule has 0 heterocycles. The van der Waals surface area contributed by atoms with E-state index < -0.39 is 13.6 Å². The molecule has 0 saturated heterocycles. The third kappa shape index (κ3) is 2.20. The van der Waals surface area contributed by atoms with Gasteiger partial charge in [0.05, 0.1) is 0 Å². The van der Waals surface area contributed by atoms with Gasteiger partial charge in [-0.25, -0.2) is 0 Å². The average molecular weight is 311 g/mol. The molecule has 4 rings (SSSR count). The van der Waals surface area contributed by atoms with Crippen LogP contribution >= 0.6 is 0 Å². The zero-order valence-corrected chi connectivity index (χ0v) is 14.5. The molecule has 4 aliphatic carbocycles. The van der Waals surface area contributed by atoms with Gasteiger partial charge in [0.25, 0.3) is 0 Å². The summed E-state index contributed by atoms with van der Waals surface area (Å²) in [6.45, 7) is 7.18. The van der Waals surface area contributed by atoms with Gasteiger partial charge >= 0.3 is 116 Å². The van der Waals surface area contributed by atoms with Gasteiger partial charge in [-0.1, -0.05) is 0 Å². The Morgan fingerprint density at radius 2 is 1.22 bits per heavy atom. The van der Waals surface area contributed by atoms with Crippen molar-refractivity contribution in [2.45, 2.75) is 74.7 Å². The predicted octanol–water partition coefficient (Wildman–Crippen LogP) is 4.83. The fraction of sp³-hybridized carbons (Fsp3) is 1.00. The molecule has 0 aromatic rings. The summed E-state index contributed by atoms with van der Waals surface area (Å²) >= 11 is -1.92. The van der Waals surface area contributed by atoms with Gasteiger partial charge in [-0.3, -0.25) is 0 Å². The number of rotatable bonds is 5. The van der Waals surface area contributed by atoms with E-state index in [0.29, 0.717) is 6.10 Å². The second-order valence-electron chi connectivity index (χ2n) is 7.26. The van der Waals surface area contributed by atoms with Crippen LogP contribution in [0.1, 0.15) is 52.9 Å². The van der Waals surface area contributed by atoms with E-state index in [0.717, 1.165) is 23.7 Å². The van der Waals surface area contributed by atoms with Crippen molar-refractivity contribution in [3.63, 3.8) is 0 Å². The fourth-order valence-corrected chi connectivity index (χ4v) is 11.6. The summed E-state index contributed by atoms with van der Waals surface area (Å²) in [5.41, 5.74) is 0. The molecular weight excluding hydrogens is 281 g/mol. The Kier molecular flexibility index (Phi) is 3.84. The zero-order valence-electron chi connectivity index (χ0n) is 12.5. The molecule has 104 valence electrons. The maximum absolute atomic E-state index is 6.95. The topological polar surface area (TPSA) is 9.23 Å². The van der Waals surface area contributed by atoms with Crippen molar-refractivity contribution in [2.75, 3.05) is 0 Å². The minimum absolute atomic E-state index is 0.692. The van der Waals surface area contributed by atoms with Crippen LogP contribution < -0.4 is 0 Å². The molecule has 4 bridgehead atoms. The summed E-state index contributed by atoms with van der Waals surface area (Å²) in [6.07, 6.45) is 8.28. The van der Waals surface area contributed by atoms with Gasteiger partial charge in [-0.15, -0.1) is 0 Å². The molecule has 4 aliphatic rings. The average Bonchev–Trinajstić information content (AvgIpc) is 2.38. The van der Waals surface area contributed by atoms with E-state index in [2.05, 4.69) is 20.8 Å². The standard InChI is InChI=1S/C16H30GeO/c1-4-17(5-2,6-3)18-16-14-8-12-7-13(10-14)11-15(16)9-12/h12-16H,4-11H2,1-3H3. The van der Waals surface area contributed by atoms with Crippen LogP contribution in [0.4, 0.5) is 0 Å². The van der Waals surface area contributed by atoms with E-state index in [4.69, 9.17) is 3.76 Å². The van der Waals surface area contributed by atoms with E-state index in [-0.39, 0.29) is 0 Å². The molecule has 0 spiro atoms. The normalized spacial score (nSPS) is 42.5. The van der Waals surface area contributed by atoms with Crippen molar-refractivity contribution in [2.24, 2.45) is 23.7 Å². The molecule has 0 aliphatic heterocycles. The Bertz CT molecular complexity index is 261. The Labute approximate surface area is 116 Å². The van der Waals surface area contributed by atoms with Gasteiger partial charge in [-0.2, -0.15) is 0 Å². The molecule has 0 atom stereocenters. The van der Waals surface area contributed by atoms with Crippen LogP contribution in [-0.4, -0.2) is 19.7 Å². The van der Waals surface area contributed by atoms with Crippen LogP contribution in [0, 0.1) is 23.7 Å². The Balaban J connectivity index is 1.73. The van der Waals surface area contributed by atoms with Crippen LogP contribution in [0.25, 0.3) is 0 Å². The van der Waals surface area contributed by atoms with E-state index in [1.807, 2.05) is 0 Å². The van der Waals surface area contributed by atoms with Crippen molar-refractivity contribution < 1.29 is 3.76 Å². The van der Waals surface area contributed by atoms with Gasteiger partial charge in [0.15, 0.2) is 0 Å². The molecule has 4 fully saturated rings. The first-order chi connectivity index (χ1) is 8.69. The van der Waals surface area contributed by atoms with Gasteiger partial charge in [0.2, 0.25) is 0 Å². The van der Waals surface area contributed by atoms with Crippen LogP contribution in [0.2, 0.25) is 15.8 Å². The fourth-order valence-electron chi connectivity index (χ4n) is 5.36. The second-order valence-corrected chi connectivity index (χ2v) is 17.2. The van der Waals surface area contributed by atoms with Crippen molar-refractivity contribution >= 4 is 13.6 Å². The summed E-state index contributed by atoms with van der Waals surface area (Å²) in [4.78, 5) is 0. The predicted molar refractivity (Wildman–Crippen MR) is 79.1 cm³/mol. The Morgan fingerprint density at radius 3 is 1.61 bits per heavy atom. The molecule has 0 unspecified atom stereocenters. The van der Waals surface area contributed by atoms with E-state index in [1.54, 1.807) is 6.42 Å². The van der Waals surface area contributed by atoms with Gasteiger partial charge in [-0.05, 0) is 0 Å². The molecule has 1 nitrogen and oxygen atoms in total. The third-order valence-electron chi connectivity index (χ3n) is 6.46. The van der Waals surface area contributed by atoms with Crippen LogP contribution in [0.5, 0.6) is 0 Å². The summed E-state index contributed by atoms with van der Waals surface area (Å²) in [5.74, 6) is 4.07. The van der Waals surface area contributed by atoms with Crippen LogP contribution in [0.3, 0.4) is 0 Å². The first-order valence-corrected chi connectivity index (χ1v) is 13.7. The second kappa shape index (κ2) is 5.12. The van der Waals surface area contributed by atoms with Crippen molar-refractivity contribution in [1.82, 2.24) is 0 Å². The van der Waals surface area contributed by atoms with E-state index >= 15 is 0 Å². The molecule has 0 amide bonds. The first kappa shape index (κ1) is 13.5. The quantitative estimate of drug-likeness (QED) is 0.661. The van der Waals surface area contributed by atoms with Crippen LogP contribution in [0.15, 0.2) is 0 Å². The molecule has 0 radical (unpaired) electrons. The van der Waals surface area contributed by atoms with Crippen molar-refractivity contribution in [3.05, 3.63) is 0 Å². The van der Waals surface area contributed by atoms with E-state index in [9.17, 15) is 0 Å². The minimum atomic E-state index is -1.92. The number of hydrogen-bond acceptors (Lipinski definition) is 1. The monoisotopic (exact) mass is 312 g/mol. The first-order valence-electron chi connectivity index (χ1n) is 8.37. The molecule has 2 heteroatoms. The van der Waals surface area contributed by atoms with Gasteiger partial charge in [0.1, 0.15) is 0 Å². The third-order valence-corrected chi connectivity index (χ3v) is 16.2. The van der Waals surface area contributed by atoms with Crippen molar-refractivity contribution in [1.29, 1.82) is 0 Å². The Hall–Kier alpha value is 0.503. The zero-order chi connectivity index (χ0) is 12.8. The van der Waals surface area contributed by atoms with Crippen LogP contribution in [-0.2, 0) is 3.76 Å². The molecule has 18 heavy (non-hydrogen) atoms.